The first kappa shape index (κ1) is 12.9. The van der Waals surface area contributed by atoms with Crippen molar-refractivity contribution >= 4 is 17.2 Å². The summed E-state index contributed by atoms with van der Waals surface area (Å²) in [7, 11) is 0. The van der Waals surface area contributed by atoms with Gasteiger partial charge in [-0.2, -0.15) is 0 Å². The smallest absolute Gasteiger partial charge is 0.266 e. The number of carbonyl (C=O) groups is 1. The highest BCUT2D eigenvalue weighted by Gasteiger charge is 2.42. The van der Waals surface area contributed by atoms with E-state index in [1.165, 1.54) is 16.9 Å². The van der Waals surface area contributed by atoms with Gasteiger partial charge in [-0.3, -0.25) is 4.79 Å². The number of piperidine rings is 1. The highest BCUT2D eigenvalue weighted by molar-refractivity contribution is 7.13. The fourth-order valence-electron chi connectivity index (χ4n) is 3.46. The number of nitrogens with zero attached hydrogens (tertiary/aromatic N) is 2. The Labute approximate surface area is 118 Å². The van der Waals surface area contributed by atoms with Crippen molar-refractivity contribution in [3.8, 4) is 0 Å². The molecule has 0 N–H and O–H groups in total. The van der Waals surface area contributed by atoms with Crippen molar-refractivity contribution in [3.63, 3.8) is 0 Å². The number of hydrogen-bond donors (Lipinski definition) is 0. The van der Waals surface area contributed by atoms with Gasteiger partial charge >= 0.3 is 0 Å². The van der Waals surface area contributed by atoms with Crippen molar-refractivity contribution < 1.29 is 4.79 Å². The molecular formula is C15H20N2OS. The summed E-state index contributed by atoms with van der Waals surface area (Å²) in [6.07, 6.45) is 6.68. The highest BCUT2D eigenvalue weighted by Crippen LogP contribution is 2.39. The van der Waals surface area contributed by atoms with Crippen LogP contribution >= 0.6 is 11.3 Å². The topological polar surface area (TPSA) is 33.2 Å². The molecule has 3 rings (SSSR count). The number of amides is 1. The Morgan fingerprint density at radius 3 is 2.42 bits per heavy atom. The first-order chi connectivity index (χ1) is 9.10. The van der Waals surface area contributed by atoms with Crippen LogP contribution in [-0.2, 0) is 0 Å². The summed E-state index contributed by atoms with van der Waals surface area (Å²) in [6.45, 7) is 6.03. The van der Waals surface area contributed by atoms with Crippen LogP contribution in [0.5, 0.6) is 0 Å². The lowest BCUT2D eigenvalue weighted by Gasteiger charge is -2.36. The summed E-state index contributed by atoms with van der Waals surface area (Å²) in [6, 6.07) is 0.832. The van der Waals surface area contributed by atoms with Crippen LogP contribution in [0, 0.1) is 13.8 Å². The fourth-order valence-corrected chi connectivity index (χ4v) is 4.33. The van der Waals surface area contributed by atoms with Crippen molar-refractivity contribution in [1.82, 2.24) is 9.88 Å². The van der Waals surface area contributed by atoms with E-state index < -0.39 is 0 Å². The summed E-state index contributed by atoms with van der Waals surface area (Å²) in [5, 5.41) is 0.986. The molecule has 0 saturated carbocycles. The van der Waals surface area contributed by atoms with Gasteiger partial charge in [-0.05, 0) is 46.5 Å². The molecule has 0 aliphatic carbocycles. The maximum absolute atomic E-state index is 12.8. The zero-order chi connectivity index (χ0) is 13.6. The Hall–Kier alpha value is -1.16. The number of thiazole rings is 1. The summed E-state index contributed by atoms with van der Waals surface area (Å²) in [5.41, 5.74) is 2.41. The first-order valence-electron chi connectivity index (χ1n) is 7.01. The minimum Gasteiger partial charge on any atom is -0.331 e. The minimum absolute atomic E-state index is 0.214. The van der Waals surface area contributed by atoms with E-state index in [0.717, 1.165) is 41.3 Å². The van der Waals surface area contributed by atoms with E-state index in [1.807, 2.05) is 13.8 Å². The van der Waals surface area contributed by atoms with Gasteiger partial charge in [0.25, 0.3) is 5.91 Å². The van der Waals surface area contributed by atoms with Gasteiger partial charge < -0.3 is 4.90 Å². The van der Waals surface area contributed by atoms with Gasteiger partial charge in [0.15, 0.2) is 0 Å². The van der Waals surface area contributed by atoms with Gasteiger partial charge in [0, 0.05) is 12.1 Å². The van der Waals surface area contributed by atoms with Gasteiger partial charge in [0.1, 0.15) is 4.88 Å². The quantitative estimate of drug-likeness (QED) is 0.736. The van der Waals surface area contributed by atoms with Crippen LogP contribution in [0.3, 0.4) is 0 Å². The molecule has 1 aromatic heterocycles. The van der Waals surface area contributed by atoms with Gasteiger partial charge in [-0.1, -0.05) is 11.6 Å². The number of allylic oxidation sites excluding steroid dienone is 1. The van der Waals surface area contributed by atoms with E-state index in [4.69, 9.17) is 0 Å². The molecule has 2 fully saturated rings. The summed E-state index contributed by atoms with van der Waals surface area (Å²) in [4.78, 5) is 20.1. The molecule has 3 nitrogen and oxygen atoms in total. The van der Waals surface area contributed by atoms with E-state index in [-0.39, 0.29) is 5.91 Å². The predicted molar refractivity (Wildman–Crippen MR) is 77.6 cm³/mol. The predicted octanol–water partition coefficient (Wildman–Crippen LogP) is 3.47. The van der Waals surface area contributed by atoms with Crippen LogP contribution in [0.2, 0.25) is 0 Å². The second-order valence-electron chi connectivity index (χ2n) is 5.60. The van der Waals surface area contributed by atoms with Gasteiger partial charge in [-0.25, -0.2) is 4.98 Å². The van der Waals surface area contributed by atoms with Crippen LogP contribution < -0.4 is 0 Å². The Kier molecular flexibility index (Phi) is 3.21. The lowest BCUT2D eigenvalue weighted by atomic mass is 9.96. The van der Waals surface area contributed by atoms with Crippen molar-refractivity contribution in [3.05, 3.63) is 27.2 Å². The largest absolute Gasteiger partial charge is 0.331 e. The molecule has 1 aromatic rings. The monoisotopic (exact) mass is 276 g/mol. The van der Waals surface area contributed by atoms with Gasteiger partial charge in [0.2, 0.25) is 0 Å². The molecule has 102 valence electrons. The average molecular weight is 276 g/mol. The molecule has 2 unspecified atom stereocenters. The molecule has 3 heterocycles. The van der Waals surface area contributed by atoms with E-state index in [9.17, 15) is 4.79 Å². The summed E-state index contributed by atoms with van der Waals surface area (Å²) < 4.78 is 0. The zero-order valence-electron chi connectivity index (χ0n) is 11.8. The molecule has 0 aromatic carbocycles. The fraction of sp³-hybridized carbons (Fsp3) is 0.600. The van der Waals surface area contributed by atoms with Crippen LogP contribution in [-0.4, -0.2) is 27.9 Å². The third kappa shape index (κ3) is 2.12. The van der Waals surface area contributed by atoms with E-state index in [1.54, 1.807) is 0 Å². The number of carbonyl (C=O) groups excluding carboxylic acids is 1. The molecule has 2 aliphatic rings. The third-order valence-electron chi connectivity index (χ3n) is 4.36. The summed E-state index contributed by atoms with van der Waals surface area (Å²) >= 11 is 1.54. The first-order valence-corrected chi connectivity index (χ1v) is 7.82. The Morgan fingerprint density at radius 1 is 1.32 bits per heavy atom. The standard InChI is InChI=1S/C15H20N2OS/c1-4-11-7-12-5-6-13(8-11)17(12)15(18)14-9(2)16-10(3)19-14/h4,12-13H,5-8H2,1-3H3. The Morgan fingerprint density at radius 2 is 1.95 bits per heavy atom. The van der Waals surface area contributed by atoms with Crippen molar-refractivity contribution in [1.29, 1.82) is 0 Å². The lowest BCUT2D eigenvalue weighted by molar-refractivity contribution is 0.0638. The zero-order valence-corrected chi connectivity index (χ0v) is 12.6. The van der Waals surface area contributed by atoms with E-state index in [0.29, 0.717) is 12.1 Å². The molecule has 2 saturated heterocycles. The van der Waals surface area contributed by atoms with Crippen LogP contribution in [0.15, 0.2) is 11.6 Å². The third-order valence-corrected chi connectivity index (χ3v) is 5.42. The molecule has 19 heavy (non-hydrogen) atoms. The second kappa shape index (κ2) is 4.75. The number of hydrogen-bond acceptors (Lipinski definition) is 3. The van der Waals surface area contributed by atoms with Crippen LogP contribution in [0.4, 0.5) is 0 Å². The number of aryl methyl sites for hydroxylation is 2. The maximum Gasteiger partial charge on any atom is 0.266 e. The molecule has 2 aliphatic heterocycles. The second-order valence-corrected chi connectivity index (χ2v) is 6.80. The molecule has 1 amide bonds. The SMILES string of the molecule is CC=C1CC2CCC(C1)N2C(=O)c1sc(C)nc1C. The van der Waals surface area contributed by atoms with E-state index in [2.05, 4.69) is 22.9 Å². The van der Waals surface area contributed by atoms with Crippen molar-refractivity contribution in [2.75, 3.05) is 0 Å². The molecule has 0 spiro atoms. The number of fused-ring (bicyclic) bond motifs is 2. The van der Waals surface area contributed by atoms with E-state index >= 15 is 0 Å². The van der Waals surface area contributed by atoms with Crippen molar-refractivity contribution in [2.45, 2.75) is 58.5 Å². The summed E-state index contributed by atoms with van der Waals surface area (Å²) in [5.74, 6) is 0.214. The Bertz CT molecular complexity index is 530. The van der Waals surface area contributed by atoms with Gasteiger partial charge in [-0.15, -0.1) is 11.3 Å². The maximum atomic E-state index is 12.8. The molecular weight excluding hydrogens is 256 g/mol. The highest BCUT2D eigenvalue weighted by atomic mass is 32.1. The minimum atomic E-state index is 0.214. The Balaban J connectivity index is 1.88. The number of aromatic nitrogens is 1. The molecule has 4 heteroatoms. The lowest BCUT2D eigenvalue weighted by Crippen LogP contribution is -2.44. The van der Waals surface area contributed by atoms with Crippen LogP contribution in [0.1, 0.15) is 53.0 Å². The normalized spacial score (nSPS) is 25.8. The molecule has 2 atom stereocenters. The van der Waals surface area contributed by atoms with Gasteiger partial charge in [0.05, 0.1) is 10.7 Å². The van der Waals surface area contributed by atoms with Crippen molar-refractivity contribution in [2.24, 2.45) is 0 Å². The number of rotatable bonds is 1. The average Bonchev–Trinajstić information content (AvgIpc) is 2.85. The van der Waals surface area contributed by atoms with Crippen LogP contribution in [0.25, 0.3) is 0 Å². The molecule has 2 bridgehead atoms. The molecule has 0 radical (unpaired) electrons.